The van der Waals surface area contributed by atoms with Gasteiger partial charge in [0, 0.05) is 11.6 Å². The first-order chi connectivity index (χ1) is 6.74. The topological polar surface area (TPSA) is 49.1 Å². The zero-order valence-electron chi connectivity index (χ0n) is 6.96. The highest BCUT2D eigenvalue weighted by Crippen LogP contribution is 2.36. The van der Waals surface area contributed by atoms with Crippen LogP contribution in [0.15, 0.2) is 29.5 Å². The van der Waals surface area contributed by atoms with E-state index in [0.717, 1.165) is 5.39 Å². The maximum Gasteiger partial charge on any atom is 0.130 e. The normalized spacial score (nSPS) is 10.4. The maximum atomic E-state index is 6.99. The van der Waals surface area contributed by atoms with Gasteiger partial charge < -0.3 is 0 Å². The lowest BCUT2D eigenvalue weighted by atomic mass is 10.2. The molecule has 1 aromatic heterocycles. The number of hydrogen-bond acceptors (Lipinski definition) is 3. The second-order valence-corrected chi connectivity index (χ2v) is 3.51. The second kappa shape index (κ2) is 3.52. The van der Waals surface area contributed by atoms with Crippen LogP contribution in [0.4, 0.5) is 5.69 Å². The van der Waals surface area contributed by atoms with Gasteiger partial charge in [-0.3, -0.25) is 4.98 Å². The Morgan fingerprint density at radius 2 is 2.07 bits per heavy atom. The van der Waals surface area contributed by atoms with Gasteiger partial charge in [-0.2, -0.15) is 5.11 Å². The van der Waals surface area contributed by atoms with Crippen molar-refractivity contribution in [3.05, 3.63) is 34.4 Å². The third-order valence-corrected chi connectivity index (χ3v) is 2.48. The van der Waals surface area contributed by atoms with E-state index < -0.39 is 0 Å². The van der Waals surface area contributed by atoms with E-state index in [1.807, 2.05) is 6.07 Å². The van der Waals surface area contributed by atoms with Gasteiger partial charge in [-0.25, -0.2) is 5.53 Å². The lowest BCUT2D eigenvalue weighted by Crippen LogP contribution is -1.80. The average Bonchev–Trinajstić information content (AvgIpc) is 2.18. The highest BCUT2D eigenvalue weighted by atomic mass is 35.5. The largest absolute Gasteiger partial charge is 0.254 e. The van der Waals surface area contributed by atoms with Gasteiger partial charge in [0.25, 0.3) is 0 Å². The molecule has 0 fully saturated rings. The molecule has 14 heavy (non-hydrogen) atoms. The summed E-state index contributed by atoms with van der Waals surface area (Å²) in [5.74, 6) is 0. The SMILES string of the molecule is N=Nc1c(Cl)cc(Cl)c2cccnc12. The van der Waals surface area contributed by atoms with Crippen molar-refractivity contribution in [1.29, 1.82) is 5.53 Å². The lowest BCUT2D eigenvalue weighted by Gasteiger charge is -2.03. The second-order valence-electron chi connectivity index (χ2n) is 2.70. The van der Waals surface area contributed by atoms with Crippen LogP contribution in [0, 0.1) is 5.53 Å². The van der Waals surface area contributed by atoms with Crippen molar-refractivity contribution in [2.75, 3.05) is 0 Å². The minimum absolute atomic E-state index is 0.344. The Labute approximate surface area is 90.2 Å². The molecule has 1 heterocycles. The van der Waals surface area contributed by atoms with Gasteiger partial charge in [0.05, 0.1) is 10.0 Å². The Morgan fingerprint density at radius 1 is 1.29 bits per heavy atom. The molecule has 5 heteroatoms. The van der Waals surface area contributed by atoms with E-state index in [-0.39, 0.29) is 0 Å². The van der Waals surface area contributed by atoms with Crippen molar-refractivity contribution in [3.8, 4) is 0 Å². The van der Waals surface area contributed by atoms with Gasteiger partial charge in [0.15, 0.2) is 0 Å². The first-order valence-corrected chi connectivity index (χ1v) is 4.60. The van der Waals surface area contributed by atoms with Gasteiger partial charge >= 0.3 is 0 Å². The quantitative estimate of drug-likeness (QED) is 0.727. The molecule has 0 bridgehead atoms. The Bertz CT molecular complexity index is 511. The molecule has 0 aliphatic heterocycles. The van der Waals surface area contributed by atoms with Gasteiger partial charge in [0.1, 0.15) is 11.2 Å². The number of nitrogens with one attached hydrogen (secondary N) is 1. The summed E-state index contributed by atoms with van der Waals surface area (Å²) in [7, 11) is 0. The molecule has 1 aromatic carbocycles. The predicted molar refractivity (Wildman–Crippen MR) is 56.6 cm³/mol. The van der Waals surface area contributed by atoms with E-state index in [1.165, 1.54) is 0 Å². The molecule has 2 rings (SSSR count). The Hall–Kier alpha value is -1.19. The molecule has 1 N–H and O–H groups in total. The standard InChI is InChI=1S/C9H5Cl2N3/c10-6-4-7(11)9(14-12)8-5(6)2-1-3-13-8/h1-4,12H. The zero-order chi connectivity index (χ0) is 10.1. The van der Waals surface area contributed by atoms with Crippen LogP contribution in [0.2, 0.25) is 10.0 Å². The molecule has 0 aliphatic carbocycles. The summed E-state index contributed by atoms with van der Waals surface area (Å²) in [6, 6.07) is 5.16. The molecule has 2 aromatic rings. The highest BCUT2D eigenvalue weighted by molar-refractivity contribution is 6.40. The smallest absolute Gasteiger partial charge is 0.130 e. The van der Waals surface area contributed by atoms with E-state index in [2.05, 4.69) is 10.1 Å². The van der Waals surface area contributed by atoms with Gasteiger partial charge in [-0.05, 0) is 18.2 Å². The fourth-order valence-electron chi connectivity index (χ4n) is 1.26. The van der Waals surface area contributed by atoms with Crippen LogP contribution in [0.1, 0.15) is 0 Å². The number of halogens is 2. The van der Waals surface area contributed by atoms with Crippen LogP contribution in [-0.2, 0) is 0 Å². The molecule has 0 saturated carbocycles. The fraction of sp³-hybridized carbons (Fsp3) is 0. The fourth-order valence-corrected chi connectivity index (χ4v) is 1.82. The van der Waals surface area contributed by atoms with Crippen molar-refractivity contribution in [2.24, 2.45) is 5.11 Å². The molecule has 0 aliphatic rings. The monoisotopic (exact) mass is 225 g/mol. The number of nitrogens with zero attached hydrogens (tertiary/aromatic N) is 2. The first kappa shape index (κ1) is 9.37. The molecule has 0 saturated heterocycles. The number of rotatable bonds is 1. The molecule has 0 unspecified atom stereocenters. The van der Waals surface area contributed by atoms with Crippen LogP contribution in [0.3, 0.4) is 0 Å². The summed E-state index contributed by atoms with van der Waals surface area (Å²) in [6.07, 6.45) is 1.61. The molecule has 0 amide bonds. The Kier molecular flexibility index (Phi) is 2.35. The summed E-state index contributed by atoms with van der Waals surface area (Å²) < 4.78 is 0. The molecule has 0 radical (unpaired) electrons. The summed E-state index contributed by atoms with van der Waals surface area (Å²) in [4.78, 5) is 4.09. The molecule has 70 valence electrons. The minimum Gasteiger partial charge on any atom is -0.254 e. The van der Waals surface area contributed by atoms with E-state index in [4.69, 9.17) is 28.7 Å². The average molecular weight is 226 g/mol. The maximum absolute atomic E-state index is 6.99. The molecule has 3 nitrogen and oxygen atoms in total. The van der Waals surface area contributed by atoms with Crippen LogP contribution in [-0.4, -0.2) is 4.98 Å². The summed E-state index contributed by atoms with van der Waals surface area (Å²) in [5, 5.41) is 4.95. The number of fused-ring (bicyclic) bond motifs is 1. The van der Waals surface area contributed by atoms with Crippen molar-refractivity contribution in [3.63, 3.8) is 0 Å². The van der Waals surface area contributed by atoms with Crippen molar-refractivity contribution >= 4 is 39.8 Å². The Morgan fingerprint density at radius 3 is 2.79 bits per heavy atom. The number of pyridine rings is 1. The third-order valence-electron chi connectivity index (χ3n) is 1.88. The van der Waals surface area contributed by atoms with Crippen LogP contribution < -0.4 is 0 Å². The van der Waals surface area contributed by atoms with E-state index in [0.29, 0.717) is 21.2 Å². The molecule has 0 spiro atoms. The van der Waals surface area contributed by atoms with Gasteiger partial charge in [-0.15, -0.1) is 0 Å². The predicted octanol–water partition coefficient (Wildman–Crippen LogP) is 4.20. The van der Waals surface area contributed by atoms with Crippen molar-refractivity contribution < 1.29 is 0 Å². The molecule has 0 atom stereocenters. The van der Waals surface area contributed by atoms with Gasteiger partial charge in [0.2, 0.25) is 0 Å². The summed E-state index contributed by atoms with van der Waals surface area (Å²) in [6.45, 7) is 0. The zero-order valence-corrected chi connectivity index (χ0v) is 8.47. The number of hydrogen-bond donors (Lipinski definition) is 1. The molecular formula is C9H5Cl2N3. The van der Waals surface area contributed by atoms with E-state index in [9.17, 15) is 0 Å². The first-order valence-electron chi connectivity index (χ1n) is 3.84. The van der Waals surface area contributed by atoms with Crippen molar-refractivity contribution in [2.45, 2.75) is 0 Å². The number of aromatic nitrogens is 1. The van der Waals surface area contributed by atoms with Gasteiger partial charge in [-0.1, -0.05) is 23.2 Å². The molecular weight excluding hydrogens is 221 g/mol. The van der Waals surface area contributed by atoms with Crippen LogP contribution in [0.5, 0.6) is 0 Å². The summed E-state index contributed by atoms with van der Waals surface area (Å²) >= 11 is 11.8. The minimum atomic E-state index is 0.344. The highest BCUT2D eigenvalue weighted by Gasteiger charge is 2.09. The van der Waals surface area contributed by atoms with Crippen LogP contribution >= 0.6 is 23.2 Å². The van der Waals surface area contributed by atoms with E-state index in [1.54, 1.807) is 18.3 Å². The van der Waals surface area contributed by atoms with E-state index >= 15 is 0 Å². The van der Waals surface area contributed by atoms with Crippen molar-refractivity contribution in [1.82, 2.24) is 4.98 Å². The lowest BCUT2D eigenvalue weighted by molar-refractivity contribution is 1.15. The van der Waals surface area contributed by atoms with Crippen LogP contribution in [0.25, 0.3) is 10.9 Å². The third kappa shape index (κ3) is 1.35. The summed E-state index contributed by atoms with van der Waals surface area (Å²) in [5.41, 5.74) is 7.90. The number of benzene rings is 1. The Balaban J connectivity index is 2.97.